The van der Waals surface area contributed by atoms with E-state index in [1.54, 1.807) is 48.5 Å². The van der Waals surface area contributed by atoms with Gasteiger partial charge in [0.15, 0.2) is 0 Å². The number of benzene rings is 3. The van der Waals surface area contributed by atoms with E-state index in [4.69, 9.17) is 11.6 Å². The number of anilines is 1. The van der Waals surface area contributed by atoms with E-state index in [9.17, 15) is 26.9 Å². The van der Waals surface area contributed by atoms with Crippen LogP contribution in [0.3, 0.4) is 0 Å². The number of nitro groups is 1. The topological polar surface area (TPSA) is 127 Å². The van der Waals surface area contributed by atoms with Crippen molar-refractivity contribution in [2.24, 2.45) is 0 Å². The van der Waals surface area contributed by atoms with Crippen molar-refractivity contribution in [2.75, 3.05) is 17.4 Å². The fourth-order valence-corrected chi connectivity index (χ4v) is 5.58. The Kier molecular flexibility index (Phi) is 7.14. The molecule has 0 aliphatic rings. The van der Waals surface area contributed by atoms with Gasteiger partial charge in [0.1, 0.15) is 5.02 Å². The van der Waals surface area contributed by atoms with E-state index in [1.165, 1.54) is 12.1 Å². The smallest absolute Gasteiger partial charge is 0.265 e. The molecule has 0 aliphatic heterocycles. The van der Waals surface area contributed by atoms with Gasteiger partial charge in [0.25, 0.3) is 15.7 Å². The Labute approximate surface area is 190 Å². The predicted octanol–water partition coefficient (Wildman–Crippen LogP) is 3.42. The molecule has 0 spiro atoms. The molecule has 0 radical (unpaired) electrons. The molecular formula is C20H18ClN3O6S2. The lowest BCUT2D eigenvalue weighted by Gasteiger charge is -2.24. The number of hydrogen-bond acceptors (Lipinski definition) is 6. The van der Waals surface area contributed by atoms with Crippen molar-refractivity contribution in [3.05, 3.63) is 94.0 Å². The summed E-state index contributed by atoms with van der Waals surface area (Å²) in [6.45, 7) is -0.490. The number of nitrogens with zero attached hydrogens (tertiary/aromatic N) is 2. The number of sulfonamides is 2. The number of hydrogen-bond donors (Lipinski definition) is 1. The summed E-state index contributed by atoms with van der Waals surface area (Å²) in [4.78, 5) is 9.95. The van der Waals surface area contributed by atoms with Crippen LogP contribution in [0.15, 0.2) is 88.7 Å². The summed E-state index contributed by atoms with van der Waals surface area (Å²) in [6, 6.07) is 19.1. The van der Waals surface area contributed by atoms with Crippen molar-refractivity contribution in [2.45, 2.75) is 9.79 Å². The van der Waals surface area contributed by atoms with Crippen molar-refractivity contribution >= 4 is 43.0 Å². The second kappa shape index (κ2) is 9.65. The maximum Gasteiger partial charge on any atom is 0.289 e. The highest BCUT2D eigenvalue weighted by Gasteiger charge is 2.26. The van der Waals surface area contributed by atoms with E-state index >= 15 is 0 Å². The summed E-state index contributed by atoms with van der Waals surface area (Å²) in [5.74, 6) is 0. The molecule has 0 bridgehead atoms. The van der Waals surface area contributed by atoms with Gasteiger partial charge in [-0.15, -0.1) is 0 Å². The van der Waals surface area contributed by atoms with Crippen molar-refractivity contribution < 1.29 is 21.8 Å². The van der Waals surface area contributed by atoms with Crippen LogP contribution in [0.25, 0.3) is 0 Å². The fourth-order valence-electron chi connectivity index (χ4n) is 2.87. The molecule has 0 fully saturated rings. The molecule has 0 heterocycles. The molecule has 3 rings (SSSR count). The Hall–Kier alpha value is -2.99. The Morgan fingerprint density at radius 2 is 1.47 bits per heavy atom. The first-order valence-corrected chi connectivity index (χ1v) is 12.5. The molecule has 0 atom stereocenters. The van der Waals surface area contributed by atoms with Gasteiger partial charge in [0.2, 0.25) is 10.0 Å². The zero-order chi connectivity index (χ0) is 23.4. The van der Waals surface area contributed by atoms with Crippen LogP contribution in [0.5, 0.6) is 0 Å². The Morgan fingerprint density at radius 1 is 0.875 bits per heavy atom. The van der Waals surface area contributed by atoms with Gasteiger partial charge in [0.05, 0.1) is 20.4 Å². The van der Waals surface area contributed by atoms with E-state index in [2.05, 4.69) is 4.72 Å². The van der Waals surface area contributed by atoms with Crippen molar-refractivity contribution in [3.63, 3.8) is 0 Å². The summed E-state index contributed by atoms with van der Waals surface area (Å²) < 4.78 is 54.9. The normalized spacial score (nSPS) is 11.8. The van der Waals surface area contributed by atoms with Gasteiger partial charge in [-0.25, -0.2) is 21.6 Å². The molecule has 168 valence electrons. The van der Waals surface area contributed by atoms with E-state index in [1.807, 2.05) is 0 Å². The van der Waals surface area contributed by atoms with Crippen molar-refractivity contribution in [3.8, 4) is 0 Å². The van der Waals surface area contributed by atoms with Crippen LogP contribution >= 0.6 is 11.6 Å². The summed E-state index contributed by atoms with van der Waals surface area (Å²) >= 11 is 5.73. The molecule has 9 nitrogen and oxygen atoms in total. The van der Waals surface area contributed by atoms with Crippen LogP contribution in [0, 0.1) is 10.1 Å². The minimum atomic E-state index is -4.16. The van der Waals surface area contributed by atoms with E-state index in [0.29, 0.717) is 5.69 Å². The average Bonchev–Trinajstić information content (AvgIpc) is 2.77. The maximum atomic E-state index is 13.2. The predicted molar refractivity (Wildman–Crippen MR) is 121 cm³/mol. The lowest BCUT2D eigenvalue weighted by molar-refractivity contribution is -0.384. The SMILES string of the molecule is O=[N+]([O-])c1cc(S(=O)(=O)NCCN(c2ccccc2)S(=O)(=O)c2ccccc2)ccc1Cl. The van der Waals surface area contributed by atoms with E-state index in [0.717, 1.165) is 22.5 Å². The fraction of sp³-hybridized carbons (Fsp3) is 0.100. The Balaban J connectivity index is 1.85. The van der Waals surface area contributed by atoms with Gasteiger partial charge in [-0.1, -0.05) is 48.0 Å². The third-order valence-electron chi connectivity index (χ3n) is 4.41. The maximum absolute atomic E-state index is 13.2. The molecule has 0 unspecified atom stereocenters. The highest BCUT2D eigenvalue weighted by molar-refractivity contribution is 7.92. The molecule has 1 N–H and O–H groups in total. The number of rotatable bonds is 9. The van der Waals surface area contributed by atoms with Crippen molar-refractivity contribution in [1.29, 1.82) is 0 Å². The first-order valence-electron chi connectivity index (χ1n) is 9.19. The highest BCUT2D eigenvalue weighted by atomic mass is 35.5. The van der Waals surface area contributed by atoms with Crippen LogP contribution in [0.2, 0.25) is 5.02 Å². The van der Waals surface area contributed by atoms with Gasteiger partial charge in [-0.2, -0.15) is 0 Å². The third-order valence-corrected chi connectivity index (χ3v) is 8.03. The Morgan fingerprint density at radius 3 is 2.06 bits per heavy atom. The Bertz CT molecular complexity index is 1320. The van der Waals surface area contributed by atoms with E-state index in [-0.39, 0.29) is 27.9 Å². The zero-order valence-electron chi connectivity index (χ0n) is 16.5. The highest BCUT2D eigenvalue weighted by Crippen LogP contribution is 2.27. The van der Waals surface area contributed by atoms with Crippen LogP contribution in [-0.2, 0) is 20.0 Å². The molecule has 3 aromatic rings. The molecule has 32 heavy (non-hydrogen) atoms. The minimum Gasteiger partial charge on any atom is -0.265 e. The second-order valence-electron chi connectivity index (χ2n) is 6.49. The molecule has 0 amide bonds. The standard InChI is InChI=1S/C20H18ClN3O6S2/c21-19-12-11-18(15-20(19)24(25)26)31(27,28)22-13-14-23(16-7-3-1-4-8-16)32(29,30)17-9-5-2-6-10-17/h1-12,15,22H,13-14H2. The van der Waals surface area contributed by atoms with Crippen LogP contribution in [0.1, 0.15) is 0 Å². The first-order chi connectivity index (χ1) is 15.1. The number of nitro benzene ring substituents is 1. The average molecular weight is 496 g/mol. The van der Waals surface area contributed by atoms with E-state index < -0.39 is 30.7 Å². The van der Waals surface area contributed by atoms with Crippen molar-refractivity contribution in [1.82, 2.24) is 4.72 Å². The van der Waals surface area contributed by atoms with Gasteiger partial charge in [0, 0.05) is 19.2 Å². The molecule has 0 saturated heterocycles. The first kappa shape index (κ1) is 23.7. The molecular weight excluding hydrogens is 478 g/mol. The van der Waals surface area contributed by atoms with Gasteiger partial charge in [-0.05, 0) is 36.4 Å². The molecule has 3 aromatic carbocycles. The second-order valence-corrected chi connectivity index (χ2v) is 10.5. The lowest BCUT2D eigenvalue weighted by atomic mass is 10.3. The molecule has 0 aliphatic carbocycles. The van der Waals surface area contributed by atoms with Gasteiger partial charge >= 0.3 is 0 Å². The van der Waals surface area contributed by atoms with Gasteiger partial charge < -0.3 is 0 Å². The third kappa shape index (κ3) is 5.25. The number of para-hydroxylation sites is 1. The summed E-state index contributed by atoms with van der Waals surface area (Å²) in [5, 5.41) is 10.8. The molecule has 12 heteroatoms. The minimum absolute atomic E-state index is 0.0556. The summed E-state index contributed by atoms with van der Waals surface area (Å²) in [6.07, 6.45) is 0. The quantitative estimate of drug-likeness (QED) is 0.358. The van der Waals surface area contributed by atoms with Gasteiger partial charge in [-0.3, -0.25) is 14.4 Å². The lowest BCUT2D eigenvalue weighted by Crippen LogP contribution is -2.38. The summed E-state index contributed by atoms with van der Waals surface area (Å²) in [7, 11) is -8.12. The summed E-state index contributed by atoms with van der Waals surface area (Å²) in [5.41, 5.74) is -0.190. The number of halogens is 1. The molecule has 0 aromatic heterocycles. The zero-order valence-corrected chi connectivity index (χ0v) is 18.8. The molecule has 0 saturated carbocycles. The largest absolute Gasteiger partial charge is 0.289 e. The number of nitrogens with one attached hydrogen (secondary N) is 1. The van der Waals surface area contributed by atoms with Crippen LogP contribution in [0.4, 0.5) is 11.4 Å². The van der Waals surface area contributed by atoms with Crippen LogP contribution in [-0.4, -0.2) is 34.8 Å². The monoisotopic (exact) mass is 495 g/mol. The van der Waals surface area contributed by atoms with Crippen LogP contribution < -0.4 is 9.03 Å².